The Morgan fingerprint density at radius 1 is 1.50 bits per heavy atom. The van der Waals surface area contributed by atoms with Crippen LogP contribution in [-0.4, -0.2) is 31.6 Å². The Kier molecular flexibility index (Phi) is 3.46. The number of aromatic nitrogens is 4. The molecule has 0 aliphatic heterocycles. The zero-order valence-electron chi connectivity index (χ0n) is 9.75. The molecule has 0 saturated carbocycles. The highest BCUT2D eigenvalue weighted by atomic mass is 16.6. The van der Waals surface area contributed by atoms with Crippen molar-refractivity contribution in [3.8, 4) is 0 Å². The SMILES string of the molecule is Cc1ccnc(NCCc2ncn[nH]2)c1[N+](=O)[O-]. The Bertz CT molecular complexity index is 539. The summed E-state index contributed by atoms with van der Waals surface area (Å²) in [7, 11) is 0. The van der Waals surface area contributed by atoms with Gasteiger partial charge in [0.2, 0.25) is 5.82 Å². The third-order valence-corrected chi connectivity index (χ3v) is 2.43. The van der Waals surface area contributed by atoms with Crippen LogP contribution in [0.1, 0.15) is 11.4 Å². The average molecular weight is 248 g/mol. The molecule has 0 radical (unpaired) electrons. The summed E-state index contributed by atoms with van der Waals surface area (Å²) < 4.78 is 0. The van der Waals surface area contributed by atoms with Gasteiger partial charge < -0.3 is 5.32 Å². The summed E-state index contributed by atoms with van der Waals surface area (Å²) >= 11 is 0. The molecule has 8 heteroatoms. The van der Waals surface area contributed by atoms with Gasteiger partial charge in [-0.2, -0.15) is 5.10 Å². The summed E-state index contributed by atoms with van der Waals surface area (Å²) in [4.78, 5) is 18.4. The second-order valence-electron chi connectivity index (χ2n) is 3.69. The molecule has 0 spiro atoms. The van der Waals surface area contributed by atoms with Gasteiger partial charge in [-0.05, 0) is 13.0 Å². The number of H-pyrrole nitrogens is 1. The number of aryl methyl sites for hydroxylation is 1. The van der Waals surface area contributed by atoms with E-state index in [2.05, 4.69) is 25.5 Å². The second kappa shape index (κ2) is 5.21. The zero-order chi connectivity index (χ0) is 13.0. The Labute approximate surface area is 103 Å². The van der Waals surface area contributed by atoms with Crippen LogP contribution in [0.25, 0.3) is 0 Å². The number of aromatic amines is 1. The average Bonchev–Trinajstić information content (AvgIpc) is 2.81. The van der Waals surface area contributed by atoms with Gasteiger partial charge in [0.15, 0.2) is 0 Å². The van der Waals surface area contributed by atoms with Gasteiger partial charge in [0.05, 0.1) is 4.92 Å². The molecule has 0 aromatic carbocycles. The third kappa shape index (κ3) is 2.59. The molecule has 0 saturated heterocycles. The number of nitrogens with one attached hydrogen (secondary N) is 2. The molecular formula is C10H12N6O2. The highest BCUT2D eigenvalue weighted by molar-refractivity contribution is 5.59. The largest absolute Gasteiger partial charge is 0.364 e. The van der Waals surface area contributed by atoms with Crippen molar-refractivity contribution >= 4 is 11.5 Å². The molecule has 8 nitrogen and oxygen atoms in total. The molecule has 0 aliphatic carbocycles. The van der Waals surface area contributed by atoms with Crippen molar-refractivity contribution in [2.24, 2.45) is 0 Å². The molecule has 0 fully saturated rings. The lowest BCUT2D eigenvalue weighted by Gasteiger charge is -2.06. The van der Waals surface area contributed by atoms with E-state index in [-0.39, 0.29) is 11.5 Å². The third-order valence-electron chi connectivity index (χ3n) is 2.43. The van der Waals surface area contributed by atoms with Crippen LogP contribution in [0.4, 0.5) is 11.5 Å². The lowest BCUT2D eigenvalue weighted by Crippen LogP contribution is -2.10. The second-order valence-corrected chi connectivity index (χ2v) is 3.69. The van der Waals surface area contributed by atoms with Gasteiger partial charge >= 0.3 is 5.69 Å². The summed E-state index contributed by atoms with van der Waals surface area (Å²) in [5.74, 6) is 0.998. The minimum absolute atomic E-state index is 0.00932. The van der Waals surface area contributed by atoms with Crippen LogP contribution >= 0.6 is 0 Å². The number of hydrogen-bond acceptors (Lipinski definition) is 6. The maximum Gasteiger partial charge on any atom is 0.314 e. The van der Waals surface area contributed by atoms with E-state index < -0.39 is 4.92 Å². The van der Waals surface area contributed by atoms with E-state index in [1.165, 1.54) is 6.33 Å². The lowest BCUT2D eigenvalue weighted by atomic mass is 10.2. The Balaban J connectivity index is 2.05. The number of nitro groups is 1. The van der Waals surface area contributed by atoms with Crippen LogP contribution in [0.15, 0.2) is 18.6 Å². The van der Waals surface area contributed by atoms with Gasteiger partial charge in [0.1, 0.15) is 12.2 Å². The summed E-state index contributed by atoms with van der Waals surface area (Å²) in [6.07, 6.45) is 3.55. The molecule has 2 N–H and O–H groups in total. The molecule has 2 rings (SSSR count). The molecule has 0 unspecified atom stereocenters. The number of pyridine rings is 1. The van der Waals surface area contributed by atoms with Crippen molar-refractivity contribution < 1.29 is 4.92 Å². The normalized spacial score (nSPS) is 10.3. The van der Waals surface area contributed by atoms with Gasteiger partial charge in [0.25, 0.3) is 0 Å². The van der Waals surface area contributed by atoms with Crippen molar-refractivity contribution in [1.29, 1.82) is 0 Å². The maximum absolute atomic E-state index is 10.9. The predicted octanol–water partition coefficient (Wildman–Crippen LogP) is 1.07. The number of rotatable bonds is 5. The maximum atomic E-state index is 10.9. The minimum Gasteiger partial charge on any atom is -0.364 e. The molecule has 2 aromatic heterocycles. The lowest BCUT2D eigenvalue weighted by molar-refractivity contribution is -0.384. The fourth-order valence-electron chi connectivity index (χ4n) is 1.56. The van der Waals surface area contributed by atoms with Crippen molar-refractivity contribution in [2.45, 2.75) is 13.3 Å². The van der Waals surface area contributed by atoms with Crippen LogP contribution in [-0.2, 0) is 6.42 Å². The van der Waals surface area contributed by atoms with Crippen LogP contribution in [0.2, 0.25) is 0 Å². The smallest absolute Gasteiger partial charge is 0.314 e. The first-order valence-electron chi connectivity index (χ1n) is 5.36. The number of nitrogens with zero attached hydrogens (tertiary/aromatic N) is 4. The minimum atomic E-state index is -0.431. The van der Waals surface area contributed by atoms with E-state index in [9.17, 15) is 10.1 Å². The molecule has 2 heterocycles. The fraction of sp³-hybridized carbons (Fsp3) is 0.300. The van der Waals surface area contributed by atoms with E-state index in [0.29, 0.717) is 18.5 Å². The highest BCUT2D eigenvalue weighted by Crippen LogP contribution is 2.25. The summed E-state index contributed by atoms with van der Waals surface area (Å²) in [5, 5.41) is 20.3. The molecule has 2 aromatic rings. The first-order valence-corrected chi connectivity index (χ1v) is 5.36. The van der Waals surface area contributed by atoms with Gasteiger partial charge in [-0.25, -0.2) is 9.97 Å². The van der Waals surface area contributed by atoms with E-state index >= 15 is 0 Å². The van der Waals surface area contributed by atoms with Crippen LogP contribution in [0, 0.1) is 17.0 Å². The standard InChI is InChI=1S/C10H12N6O2/c1-7-2-4-11-10(9(7)16(17)18)12-5-3-8-13-6-14-15-8/h2,4,6H,3,5H2,1H3,(H,11,12)(H,13,14,15). The quantitative estimate of drug-likeness (QED) is 0.605. The Hall–Kier alpha value is -2.51. The van der Waals surface area contributed by atoms with E-state index in [1.54, 1.807) is 19.2 Å². The number of hydrogen-bond donors (Lipinski definition) is 2. The summed E-state index contributed by atoms with van der Waals surface area (Å²) in [5.41, 5.74) is 0.590. The summed E-state index contributed by atoms with van der Waals surface area (Å²) in [6.45, 7) is 2.17. The monoisotopic (exact) mass is 248 g/mol. The molecule has 0 bridgehead atoms. The van der Waals surface area contributed by atoms with E-state index in [0.717, 1.165) is 5.82 Å². The van der Waals surface area contributed by atoms with Crippen LogP contribution in [0.5, 0.6) is 0 Å². The first kappa shape index (κ1) is 12.0. The van der Waals surface area contributed by atoms with Crippen molar-refractivity contribution in [3.05, 3.63) is 40.1 Å². The molecular weight excluding hydrogens is 236 g/mol. The first-order chi connectivity index (χ1) is 8.68. The summed E-state index contributed by atoms with van der Waals surface area (Å²) in [6, 6.07) is 1.61. The fourth-order valence-corrected chi connectivity index (χ4v) is 1.56. The van der Waals surface area contributed by atoms with Gasteiger partial charge in [0, 0.05) is 24.7 Å². The Morgan fingerprint density at radius 3 is 3.00 bits per heavy atom. The molecule has 0 aliphatic rings. The molecule has 94 valence electrons. The van der Waals surface area contributed by atoms with E-state index in [4.69, 9.17) is 0 Å². The predicted molar refractivity (Wildman–Crippen MR) is 64.2 cm³/mol. The van der Waals surface area contributed by atoms with Gasteiger partial charge in [-0.1, -0.05) is 0 Å². The molecule has 0 amide bonds. The number of anilines is 1. The molecule has 18 heavy (non-hydrogen) atoms. The highest BCUT2D eigenvalue weighted by Gasteiger charge is 2.17. The topological polar surface area (TPSA) is 110 Å². The van der Waals surface area contributed by atoms with Gasteiger partial charge in [-0.15, -0.1) is 0 Å². The van der Waals surface area contributed by atoms with Crippen molar-refractivity contribution in [3.63, 3.8) is 0 Å². The Morgan fingerprint density at radius 2 is 2.33 bits per heavy atom. The van der Waals surface area contributed by atoms with Crippen LogP contribution in [0.3, 0.4) is 0 Å². The van der Waals surface area contributed by atoms with Crippen LogP contribution < -0.4 is 5.32 Å². The zero-order valence-corrected chi connectivity index (χ0v) is 9.75. The van der Waals surface area contributed by atoms with Gasteiger partial charge in [-0.3, -0.25) is 15.2 Å². The van der Waals surface area contributed by atoms with E-state index in [1.807, 2.05) is 0 Å². The van der Waals surface area contributed by atoms with Crippen molar-refractivity contribution in [1.82, 2.24) is 20.2 Å². The molecule has 0 atom stereocenters. The van der Waals surface area contributed by atoms with Crippen molar-refractivity contribution in [2.75, 3.05) is 11.9 Å².